The Hall–Kier alpha value is -2.12. The van der Waals surface area contributed by atoms with Gasteiger partial charge in [0, 0.05) is 10.9 Å². The summed E-state index contributed by atoms with van der Waals surface area (Å²) in [5.74, 6) is -0.838. The maximum atomic E-state index is 13.8. The van der Waals surface area contributed by atoms with E-state index in [0.29, 0.717) is 10.9 Å². The highest BCUT2D eigenvalue weighted by Crippen LogP contribution is 2.39. The van der Waals surface area contributed by atoms with Crippen molar-refractivity contribution < 1.29 is 17.6 Å². The minimum atomic E-state index is -4.15. The number of anilines is 2. The highest BCUT2D eigenvalue weighted by molar-refractivity contribution is 7.92. The van der Waals surface area contributed by atoms with E-state index in [9.17, 15) is 17.6 Å². The lowest BCUT2D eigenvalue weighted by atomic mass is 10.2. The van der Waals surface area contributed by atoms with Crippen molar-refractivity contribution in [3.63, 3.8) is 0 Å². The second-order valence-corrected chi connectivity index (χ2v) is 8.12. The molecule has 132 valence electrons. The third-order valence-corrected chi connectivity index (χ3v) is 5.69. The summed E-state index contributed by atoms with van der Waals surface area (Å²) in [6.07, 6.45) is 0.794. The van der Waals surface area contributed by atoms with Gasteiger partial charge in [-0.05, 0) is 42.7 Å². The number of rotatable bonds is 5. The Balaban J connectivity index is 1.89. The van der Waals surface area contributed by atoms with E-state index in [0.717, 1.165) is 18.6 Å². The summed E-state index contributed by atoms with van der Waals surface area (Å²) in [4.78, 5) is 11.7. The van der Waals surface area contributed by atoms with E-state index in [1.807, 2.05) is 6.92 Å². The summed E-state index contributed by atoms with van der Waals surface area (Å²) in [7, 11) is -4.15. The molecule has 0 aliphatic heterocycles. The molecule has 5 nitrogen and oxygen atoms in total. The molecule has 2 N–H and O–H groups in total. The second kappa shape index (κ2) is 6.65. The molecule has 1 saturated carbocycles. The van der Waals surface area contributed by atoms with Crippen molar-refractivity contribution in [2.24, 2.45) is 11.8 Å². The van der Waals surface area contributed by atoms with E-state index in [4.69, 9.17) is 11.6 Å². The molecule has 25 heavy (non-hydrogen) atoms. The molecule has 2 aromatic carbocycles. The van der Waals surface area contributed by atoms with Crippen LogP contribution in [0.5, 0.6) is 0 Å². The first kappa shape index (κ1) is 17.7. The molecule has 2 atom stereocenters. The van der Waals surface area contributed by atoms with Crippen LogP contribution in [0.25, 0.3) is 0 Å². The van der Waals surface area contributed by atoms with Crippen molar-refractivity contribution in [3.8, 4) is 0 Å². The van der Waals surface area contributed by atoms with Gasteiger partial charge >= 0.3 is 0 Å². The molecule has 0 bridgehead atoms. The van der Waals surface area contributed by atoms with Gasteiger partial charge in [-0.1, -0.05) is 30.7 Å². The molecule has 0 heterocycles. The zero-order valence-corrected chi connectivity index (χ0v) is 14.9. The molecular formula is C17H16ClFN2O3S. The van der Waals surface area contributed by atoms with Crippen LogP contribution >= 0.6 is 11.6 Å². The van der Waals surface area contributed by atoms with Crippen molar-refractivity contribution in [2.45, 2.75) is 18.2 Å². The number of carbonyl (C=O) groups excluding carboxylic acids is 1. The summed E-state index contributed by atoms with van der Waals surface area (Å²) in [5, 5.41) is 3.03. The lowest BCUT2D eigenvalue weighted by molar-refractivity contribution is -0.117. The standard InChI is InChI=1S/C17H16ClFN2O3S/c1-10-8-12(10)17(22)20-15-9-11(18)6-7-14(15)21-25(23,24)16-5-3-2-4-13(16)19/h2-7,9-10,12,21H,8H2,1H3,(H,20,22)/t10-,12-/m0/s1. The largest absolute Gasteiger partial charge is 0.324 e. The van der Waals surface area contributed by atoms with Crippen molar-refractivity contribution in [2.75, 3.05) is 10.0 Å². The summed E-state index contributed by atoms with van der Waals surface area (Å²) in [6.45, 7) is 1.96. The first-order chi connectivity index (χ1) is 11.8. The Labute approximate surface area is 150 Å². The van der Waals surface area contributed by atoms with Crippen LogP contribution in [0, 0.1) is 17.7 Å². The van der Waals surface area contributed by atoms with Crippen LogP contribution in [0.2, 0.25) is 5.02 Å². The minimum Gasteiger partial charge on any atom is -0.324 e. The molecule has 2 aromatic rings. The van der Waals surface area contributed by atoms with Crippen molar-refractivity contribution in [1.82, 2.24) is 0 Å². The smallest absolute Gasteiger partial charge is 0.264 e. The van der Waals surface area contributed by atoms with E-state index < -0.39 is 20.7 Å². The number of hydrogen-bond acceptors (Lipinski definition) is 3. The fraction of sp³-hybridized carbons (Fsp3) is 0.235. The number of benzene rings is 2. The Morgan fingerprint density at radius 1 is 1.20 bits per heavy atom. The highest BCUT2D eigenvalue weighted by atomic mass is 35.5. The predicted molar refractivity (Wildman–Crippen MR) is 94.6 cm³/mol. The quantitative estimate of drug-likeness (QED) is 0.824. The summed E-state index contributed by atoms with van der Waals surface area (Å²) < 4.78 is 41.0. The maximum absolute atomic E-state index is 13.8. The molecule has 8 heteroatoms. The normalized spacial score (nSPS) is 19.3. The average Bonchev–Trinajstić information content (AvgIpc) is 3.27. The van der Waals surface area contributed by atoms with Crippen LogP contribution in [0.3, 0.4) is 0 Å². The van der Waals surface area contributed by atoms with Gasteiger partial charge in [0.05, 0.1) is 11.4 Å². The third-order valence-electron chi connectivity index (χ3n) is 4.06. The van der Waals surface area contributed by atoms with Crippen LogP contribution in [0.15, 0.2) is 47.4 Å². The molecule has 0 saturated heterocycles. The van der Waals surface area contributed by atoms with Gasteiger partial charge in [-0.15, -0.1) is 0 Å². The van der Waals surface area contributed by atoms with Gasteiger partial charge < -0.3 is 5.32 Å². The van der Waals surface area contributed by atoms with E-state index in [2.05, 4.69) is 10.0 Å². The molecule has 1 amide bonds. The SMILES string of the molecule is C[C@H]1C[C@@H]1C(=O)Nc1cc(Cl)ccc1NS(=O)(=O)c1ccccc1F. The van der Waals surface area contributed by atoms with Crippen LogP contribution < -0.4 is 10.0 Å². The van der Waals surface area contributed by atoms with Gasteiger partial charge in [-0.25, -0.2) is 12.8 Å². The number of sulfonamides is 1. The maximum Gasteiger partial charge on any atom is 0.264 e. The van der Waals surface area contributed by atoms with Gasteiger partial charge in [0.2, 0.25) is 5.91 Å². The fourth-order valence-corrected chi connectivity index (χ4v) is 3.82. The van der Waals surface area contributed by atoms with Crippen LogP contribution in [-0.4, -0.2) is 14.3 Å². The molecule has 3 rings (SSSR count). The van der Waals surface area contributed by atoms with Gasteiger partial charge in [0.25, 0.3) is 10.0 Å². The zero-order valence-electron chi connectivity index (χ0n) is 13.3. The summed E-state index contributed by atoms with van der Waals surface area (Å²) in [5.41, 5.74) is 0.353. The van der Waals surface area contributed by atoms with Gasteiger partial charge in [-0.2, -0.15) is 0 Å². The fourth-order valence-electron chi connectivity index (χ4n) is 2.48. The van der Waals surface area contributed by atoms with Crippen LogP contribution in [0.4, 0.5) is 15.8 Å². The Morgan fingerprint density at radius 3 is 2.52 bits per heavy atom. The van der Waals surface area contributed by atoms with Crippen molar-refractivity contribution in [3.05, 3.63) is 53.3 Å². The number of nitrogens with one attached hydrogen (secondary N) is 2. The lowest BCUT2D eigenvalue weighted by Gasteiger charge is -2.14. The molecule has 1 aliphatic rings. The molecule has 0 unspecified atom stereocenters. The average molecular weight is 383 g/mol. The lowest BCUT2D eigenvalue weighted by Crippen LogP contribution is -2.19. The number of amides is 1. The van der Waals surface area contributed by atoms with E-state index >= 15 is 0 Å². The number of hydrogen-bond donors (Lipinski definition) is 2. The first-order valence-electron chi connectivity index (χ1n) is 7.65. The molecule has 1 fully saturated rings. The molecule has 0 spiro atoms. The summed E-state index contributed by atoms with van der Waals surface area (Å²) >= 11 is 5.95. The monoisotopic (exact) mass is 382 g/mol. The minimum absolute atomic E-state index is 0.0880. The molecular weight excluding hydrogens is 367 g/mol. The van der Waals surface area contributed by atoms with Crippen molar-refractivity contribution >= 4 is 38.9 Å². The predicted octanol–water partition coefficient (Wildman–Crippen LogP) is 3.87. The second-order valence-electron chi connectivity index (χ2n) is 6.03. The first-order valence-corrected chi connectivity index (χ1v) is 9.52. The highest BCUT2D eigenvalue weighted by Gasteiger charge is 2.39. The van der Waals surface area contributed by atoms with Gasteiger partial charge in [-0.3, -0.25) is 9.52 Å². The molecule has 1 aliphatic carbocycles. The summed E-state index contributed by atoms with van der Waals surface area (Å²) in [6, 6.07) is 9.41. The Morgan fingerprint density at radius 2 is 1.88 bits per heavy atom. The number of halogens is 2. The van der Waals surface area contributed by atoms with E-state index in [-0.39, 0.29) is 23.2 Å². The Bertz CT molecular complexity index is 933. The number of carbonyl (C=O) groups is 1. The molecule has 0 radical (unpaired) electrons. The van der Waals surface area contributed by atoms with Crippen LogP contribution in [-0.2, 0) is 14.8 Å². The topological polar surface area (TPSA) is 75.3 Å². The zero-order chi connectivity index (χ0) is 18.2. The van der Waals surface area contributed by atoms with E-state index in [1.54, 1.807) is 0 Å². The Kier molecular flexibility index (Phi) is 4.71. The van der Waals surface area contributed by atoms with Crippen LogP contribution in [0.1, 0.15) is 13.3 Å². The van der Waals surface area contributed by atoms with Gasteiger partial charge in [0.15, 0.2) is 0 Å². The molecule has 0 aromatic heterocycles. The third kappa shape index (κ3) is 3.93. The van der Waals surface area contributed by atoms with Gasteiger partial charge in [0.1, 0.15) is 10.7 Å². The van der Waals surface area contributed by atoms with Crippen molar-refractivity contribution in [1.29, 1.82) is 0 Å². The van der Waals surface area contributed by atoms with E-state index in [1.165, 1.54) is 30.3 Å².